The van der Waals surface area contributed by atoms with Gasteiger partial charge in [-0.3, -0.25) is 0 Å². The van der Waals surface area contributed by atoms with Crippen molar-refractivity contribution in [2.45, 2.75) is 18.5 Å². The number of nitrogens with zero attached hydrogens (tertiary/aromatic N) is 3. The Hall–Kier alpha value is -2.54. The fraction of sp³-hybridized carbons (Fsp3) is 0.263. The average Bonchev–Trinajstić information content (AvgIpc) is 3.15. The van der Waals surface area contributed by atoms with Gasteiger partial charge in [-0.05, 0) is 41.8 Å². The zero-order valence-electron chi connectivity index (χ0n) is 14.5. The molecule has 1 N–H and O–H groups in total. The van der Waals surface area contributed by atoms with Crippen LogP contribution in [-0.4, -0.2) is 29.0 Å². The lowest BCUT2D eigenvalue weighted by Gasteiger charge is -2.32. The maximum absolute atomic E-state index is 5.47. The van der Waals surface area contributed by atoms with Crippen LogP contribution in [0.5, 0.6) is 11.5 Å². The van der Waals surface area contributed by atoms with Gasteiger partial charge in [0.2, 0.25) is 5.95 Å². The van der Waals surface area contributed by atoms with Gasteiger partial charge in [0.25, 0.3) is 0 Å². The maximum Gasteiger partial charge on any atom is 0.222 e. The van der Waals surface area contributed by atoms with Crippen LogP contribution < -0.4 is 14.8 Å². The van der Waals surface area contributed by atoms with Crippen LogP contribution in [0, 0.1) is 0 Å². The van der Waals surface area contributed by atoms with Crippen molar-refractivity contribution < 1.29 is 9.47 Å². The summed E-state index contributed by atoms with van der Waals surface area (Å²) in [6.45, 7) is 0. The highest BCUT2D eigenvalue weighted by atomic mass is 79.9. The summed E-state index contributed by atoms with van der Waals surface area (Å²) < 4.78 is 13.8. The number of ether oxygens (including phenoxy) is 2. The lowest BCUT2D eigenvalue weighted by molar-refractivity contribution is 0.352. The normalized spacial score (nSPS) is 18.7. The molecule has 134 valence electrons. The molecule has 7 heteroatoms. The molecule has 1 aliphatic heterocycles. The van der Waals surface area contributed by atoms with E-state index in [1.165, 1.54) is 5.56 Å². The van der Waals surface area contributed by atoms with Gasteiger partial charge in [0.1, 0.15) is 6.33 Å². The third kappa shape index (κ3) is 3.03. The van der Waals surface area contributed by atoms with E-state index in [9.17, 15) is 0 Å². The molecule has 0 spiro atoms. The number of nitrogens with one attached hydrogen (secondary N) is 1. The largest absolute Gasteiger partial charge is 0.493 e. The summed E-state index contributed by atoms with van der Waals surface area (Å²) in [6, 6.07) is 14.5. The third-order valence-electron chi connectivity index (χ3n) is 4.67. The van der Waals surface area contributed by atoms with Crippen molar-refractivity contribution in [2.24, 2.45) is 0 Å². The van der Waals surface area contributed by atoms with E-state index >= 15 is 0 Å². The van der Waals surface area contributed by atoms with Gasteiger partial charge in [-0.1, -0.05) is 34.1 Å². The Morgan fingerprint density at radius 2 is 1.92 bits per heavy atom. The Bertz CT molecular complexity index is 927. The Morgan fingerprint density at radius 3 is 2.69 bits per heavy atom. The molecule has 0 aliphatic carbocycles. The van der Waals surface area contributed by atoms with Crippen LogP contribution in [0.25, 0.3) is 0 Å². The zero-order chi connectivity index (χ0) is 18.1. The molecule has 2 atom stereocenters. The topological polar surface area (TPSA) is 61.2 Å². The van der Waals surface area contributed by atoms with Crippen LogP contribution in [0.2, 0.25) is 0 Å². The molecule has 1 aromatic heterocycles. The summed E-state index contributed by atoms with van der Waals surface area (Å²) in [6.07, 6.45) is 2.43. The highest BCUT2D eigenvalue weighted by Crippen LogP contribution is 2.40. The molecule has 3 aromatic rings. The SMILES string of the molecule is COc1ccc([C@H]2C[C@H](c3cccc(Br)c3)Nc3ncnn32)cc1OC. The smallest absolute Gasteiger partial charge is 0.222 e. The number of halogens is 1. The van der Waals surface area contributed by atoms with Gasteiger partial charge in [-0.2, -0.15) is 10.1 Å². The van der Waals surface area contributed by atoms with Crippen molar-refractivity contribution in [2.75, 3.05) is 19.5 Å². The number of rotatable bonds is 4. The number of hydrogen-bond acceptors (Lipinski definition) is 5. The summed E-state index contributed by atoms with van der Waals surface area (Å²) >= 11 is 3.56. The molecular weight excluding hydrogens is 396 g/mol. The second-order valence-corrected chi connectivity index (χ2v) is 7.06. The molecule has 0 fully saturated rings. The lowest BCUT2D eigenvalue weighted by Crippen LogP contribution is -2.28. The molecule has 0 radical (unpaired) electrons. The summed E-state index contributed by atoms with van der Waals surface area (Å²) in [7, 11) is 3.29. The first kappa shape index (κ1) is 16.9. The van der Waals surface area contributed by atoms with Gasteiger partial charge < -0.3 is 14.8 Å². The van der Waals surface area contributed by atoms with E-state index in [0.29, 0.717) is 11.5 Å². The molecule has 2 aromatic carbocycles. The molecule has 0 unspecified atom stereocenters. The van der Waals surface area contributed by atoms with Crippen molar-refractivity contribution in [3.63, 3.8) is 0 Å². The Balaban J connectivity index is 1.74. The Labute approximate surface area is 160 Å². The van der Waals surface area contributed by atoms with Gasteiger partial charge in [-0.25, -0.2) is 4.68 Å². The predicted octanol–water partition coefficient (Wildman–Crippen LogP) is 4.20. The van der Waals surface area contributed by atoms with Gasteiger partial charge >= 0.3 is 0 Å². The number of anilines is 1. The van der Waals surface area contributed by atoms with E-state index in [-0.39, 0.29) is 12.1 Å². The summed E-state index contributed by atoms with van der Waals surface area (Å²) in [4.78, 5) is 4.38. The van der Waals surface area contributed by atoms with Crippen molar-refractivity contribution in [1.82, 2.24) is 14.8 Å². The van der Waals surface area contributed by atoms with E-state index in [0.717, 1.165) is 22.4 Å². The number of hydrogen-bond donors (Lipinski definition) is 1. The summed E-state index contributed by atoms with van der Waals surface area (Å²) in [5.41, 5.74) is 2.31. The first-order valence-corrected chi connectivity index (χ1v) is 9.12. The van der Waals surface area contributed by atoms with E-state index in [2.05, 4.69) is 49.5 Å². The van der Waals surface area contributed by atoms with Crippen LogP contribution in [0.15, 0.2) is 53.3 Å². The number of methoxy groups -OCH3 is 2. The Kier molecular flexibility index (Phi) is 4.55. The predicted molar refractivity (Wildman–Crippen MR) is 103 cm³/mol. The molecule has 4 rings (SSSR count). The molecule has 2 heterocycles. The minimum atomic E-state index is 0.0533. The van der Waals surface area contributed by atoms with Gasteiger partial charge in [-0.15, -0.1) is 0 Å². The molecule has 0 bridgehead atoms. The molecule has 1 aliphatic rings. The zero-order valence-corrected chi connectivity index (χ0v) is 16.1. The minimum absolute atomic E-state index is 0.0533. The van der Waals surface area contributed by atoms with Crippen LogP contribution in [0.4, 0.5) is 5.95 Å². The van der Waals surface area contributed by atoms with Gasteiger partial charge in [0.05, 0.1) is 26.3 Å². The first-order chi connectivity index (χ1) is 12.7. The second kappa shape index (κ2) is 6.99. The molecular formula is C19H19BrN4O2. The highest BCUT2D eigenvalue weighted by Gasteiger charge is 2.30. The van der Waals surface area contributed by atoms with E-state index in [4.69, 9.17) is 9.47 Å². The maximum atomic E-state index is 5.47. The van der Waals surface area contributed by atoms with Crippen molar-refractivity contribution in [3.8, 4) is 11.5 Å². The molecule has 6 nitrogen and oxygen atoms in total. The summed E-state index contributed by atoms with van der Waals surface area (Å²) in [5.74, 6) is 2.19. The van der Waals surface area contributed by atoms with Crippen molar-refractivity contribution in [1.29, 1.82) is 0 Å². The van der Waals surface area contributed by atoms with Crippen LogP contribution in [-0.2, 0) is 0 Å². The van der Waals surface area contributed by atoms with E-state index < -0.39 is 0 Å². The first-order valence-electron chi connectivity index (χ1n) is 8.33. The fourth-order valence-electron chi connectivity index (χ4n) is 3.40. The van der Waals surface area contributed by atoms with E-state index in [1.807, 2.05) is 28.9 Å². The van der Waals surface area contributed by atoms with Crippen LogP contribution >= 0.6 is 15.9 Å². The molecule has 0 saturated carbocycles. The minimum Gasteiger partial charge on any atom is -0.493 e. The Morgan fingerprint density at radius 1 is 1.08 bits per heavy atom. The second-order valence-electron chi connectivity index (χ2n) is 6.15. The number of benzene rings is 2. The van der Waals surface area contributed by atoms with Crippen LogP contribution in [0.1, 0.15) is 29.6 Å². The van der Waals surface area contributed by atoms with Gasteiger partial charge in [0, 0.05) is 4.47 Å². The third-order valence-corrected chi connectivity index (χ3v) is 5.17. The molecule has 0 amide bonds. The monoisotopic (exact) mass is 414 g/mol. The van der Waals surface area contributed by atoms with Crippen LogP contribution in [0.3, 0.4) is 0 Å². The average molecular weight is 415 g/mol. The van der Waals surface area contributed by atoms with E-state index in [1.54, 1.807) is 20.5 Å². The highest BCUT2D eigenvalue weighted by molar-refractivity contribution is 9.10. The van der Waals surface area contributed by atoms with Crippen molar-refractivity contribution >= 4 is 21.9 Å². The standard InChI is InChI=1S/C19H19BrN4O2/c1-25-17-7-6-13(9-18(17)26-2)16-10-15(12-4-3-5-14(20)8-12)23-19-21-11-22-24(16)19/h3-9,11,15-16H,10H2,1-2H3,(H,21,22,23)/t15-,16-/m1/s1. The fourth-order valence-corrected chi connectivity index (χ4v) is 3.82. The number of aromatic nitrogens is 3. The quantitative estimate of drug-likeness (QED) is 0.692. The molecule has 26 heavy (non-hydrogen) atoms. The van der Waals surface area contributed by atoms with Crippen molar-refractivity contribution in [3.05, 3.63) is 64.4 Å². The molecule has 0 saturated heterocycles. The van der Waals surface area contributed by atoms with Gasteiger partial charge in [0.15, 0.2) is 11.5 Å². The lowest BCUT2D eigenvalue weighted by atomic mass is 9.93. The number of fused-ring (bicyclic) bond motifs is 1. The summed E-state index contributed by atoms with van der Waals surface area (Å²) in [5, 5.41) is 7.90.